The van der Waals surface area contributed by atoms with Crippen LogP contribution in [-0.4, -0.2) is 44.9 Å². The largest absolute Gasteiger partial charge is 0.445 e. The van der Waals surface area contributed by atoms with Crippen molar-refractivity contribution in [2.24, 2.45) is 0 Å². The predicted octanol–water partition coefficient (Wildman–Crippen LogP) is 4.89. The first-order valence-corrected chi connectivity index (χ1v) is 12.5. The molecule has 0 atom stereocenters. The zero-order chi connectivity index (χ0) is 23.7. The molecule has 182 valence electrons. The average molecular weight is 476 g/mol. The summed E-state index contributed by atoms with van der Waals surface area (Å²) in [6.07, 6.45) is 9.21. The van der Waals surface area contributed by atoms with Gasteiger partial charge in [0.15, 0.2) is 0 Å². The lowest BCUT2D eigenvalue weighted by Gasteiger charge is -2.11. The van der Waals surface area contributed by atoms with E-state index >= 15 is 0 Å². The van der Waals surface area contributed by atoms with E-state index in [4.69, 9.17) is 25.8 Å². The Morgan fingerprint density at radius 1 is 1.03 bits per heavy atom. The number of ether oxygens (including phenoxy) is 3. The Morgan fingerprint density at radius 2 is 1.79 bits per heavy atom. The van der Waals surface area contributed by atoms with Crippen molar-refractivity contribution in [1.82, 2.24) is 5.32 Å². The Morgan fingerprint density at radius 3 is 2.55 bits per heavy atom. The minimum atomic E-state index is -0.442. The minimum absolute atomic E-state index is 0.219. The normalized spacial score (nSPS) is 12.5. The fraction of sp³-hybridized carbons (Fsp3) is 0.519. The Kier molecular flexibility index (Phi) is 13.6. The van der Waals surface area contributed by atoms with Gasteiger partial charge in [-0.15, -0.1) is 11.6 Å². The van der Waals surface area contributed by atoms with E-state index in [-0.39, 0.29) is 6.61 Å². The van der Waals surface area contributed by atoms with Gasteiger partial charge in [0.1, 0.15) is 6.61 Å². The maximum atomic E-state index is 12.2. The van der Waals surface area contributed by atoms with Crippen LogP contribution in [0.5, 0.6) is 0 Å². The van der Waals surface area contributed by atoms with Gasteiger partial charge >= 0.3 is 6.09 Å². The number of halogens is 1. The molecule has 1 N–H and O–H groups in total. The van der Waals surface area contributed by atoms with Gasteiger partial charge in [-0.3, -0.25) is 0 Å². The van der Waals surface area contributed by atoms with Crippen molar-refractivity contribution in [3.8, 4) is 0 Å². The lowest BCUT2D eigenvalue weighted by molar-refractivity contribution is 0.0467. The molecule has 2 aromatic rings. The molecule has 0 bridgehead atoms. The maximum absolute atomic E-state index is 12.2. The standard InChI is InChI=1S/C27H38ClNO4/c1-3-11-22-20-23-12-7-8-13-25(23)26(24(22)4-2)21-33-27(30)29-15-17-32-19-18-31-16-10-6-5-9-14-28/h4,7-8,11-13,20H,3,5-6,9-10,14-19,21H2,1-2H3,(H,29,30)/b22-11-,24-4+. The molecule has 6 heteroatoms. The molecule has 0 unspecified atom stereocenters. The quantitative estimate of drug-likeness (QED) is 0.294. The highest BCUT2D eigenvalue weighted by molar-refractivity contribution is 6.17. The molecule has 0 saturated heterocycles. The number of fused-ring (bicyclic) bond motifs is 1. The average Bonchev–Trinajstić information content (AvgIpc) is 2.83. The van der Waals surface area contributed by atoms with E-state index in [0.717, 1.165) is 66.1 Å². The molecule has 0 aromatic heterocycles. The van der Waals surface area contributed by atoms with Gasteiger partial charge in [-0.05, 0) is 53.5 Å². The smallest absolute Gasteiger partial charge is 0.407 e. The van der Waals surface area contributed by atoms with Crippen LogP contribution < -0.4 is 15.8 Å². The number of alkyl halides is 1. The Balaban J connectivity index is 1.72. The highest BCUT2D eigenvalue weighted by Crippen LogP contribution is 2.15. The minimum Gasteiger partial charge on any atom is -0.445 e. The van der Waals surface area contributed by atoms with Gasteiger partial charge in [0.05, 0.1) is 19.8 Å². The summed E-state index contributed by atoms with van der Waals surface area (Å²) >= 11 is 5.65. The molecule has 0 aliphatic rings. The summed E-state index contributed by atoms with van der Waals surface area (Å²) in [6, 6.07) is 10.4. The highest BCUT2D eigenvalue weighted by atomic mass is 35.5. The van der Waals surface area contributed by atoms with Gasteiger partial charge in [0.25, 0.3) is 0 Å². The molecule has 0 spiro atoms. The summed E-state index contributed by atoms with van der Waals surface area (Å²) in [5.74, 6) is 0.733. The molecule has 2 rings (SSSR count). The van der Waals surface area contributed by atoms with Crippen molar-refractivity contribution in [3.63, 3.8) is 0 Å². The van der Waals surface area contributed by atoms with E-state index < -0.39 is 6.09 Å². The molecular weight excluding hydrogens is 438 g/mol. The van der Waals surface area contributed by atoms with Crippen LogP contribution >= 0.6 is 11.6 Å². The van der Waals surface area contributed by atoms with E-state index in [0.29, 0.717) is 26.4 Å². The first kappa shape index (κ1) is 27.2. The Bertz CT molecular complexity index is 960. The number of benzene rings is 2. The summed E-state index contributed by atoms with van der Waals surface area (Å²) in [5, 5.41) is 7.29. The molecule has 0 radical (unpaired) electrons. The van der Waals surface area contributed by atoms with Gasteiger partial charge in [0, 0.05) is 24.6 Å². The fourth-order valence-corrected chi connectivity index (χ4v) is 3.92. The number of alkyl carbamates (subject to hydrolysis) is 1. The van der Waals surface area contributed by atoms with Crippen LogP contribution in [0, 0.1) is 0 Å². The fourth-order valence-electron chi connectivity index (χ4n) is 3.74. The van der Waals surface area contributed by atoms with Crippen LogP contribution in [0.15, 0.2) is 30.3 Å². The molecular formula is C27H38ClNO4. The first-order valence-electron chi connectivity index (χ1n) is 12.0. The maximum Gasteiger partial charge on any atom is 0.407 e. The van der Waals surface area contributed by atoms with Crippen LogP contribution in [0.2, 0.25) is 0 Å². The number of unbranched alkanes of at least 4 members (excludes halogenated alkanes) is 3. The monoisotopic (exact) mass is 475 g/mol. The number of nitrogens with one attached hydrogen (secondary N) is 1. The van der Waals surface area contributed by atoms with E-state index in [9.17, 15) is 4.79 Å². The number of carbonyl (C=O) groups excluding carboxylic acids is 1. The van der Waals surface area contributed by atoms with Crippen LogP contribution in [0.1, 0.15) is 51.5 Å². The molecule has 1 amide bonds. The first-order chi connectivity index (χ1) is 16.2. The Hall–Kier alpha value is -2.08. The summed E-state index contributed by atoms with van der Waals surface area (Å²) < 4.78 is 16.6. The molecule has 2 aromatic carbocycles. The number of rotatable bonds is 15. The van der Waals surface area contributed by atoms with Crippen LogP contribution in [-0.2, 0) is 20.8 Å². The van der Waals surface area contributed by atoms with E-state index in [1.165, 1.54) is 5.22 Å². The molecule has 0 fully saturated rings. The van der Waals surface area contributed by atoms with Crippen molar-refractivity contribution in [1.29, 1.82) is 0 Å². The number of hydrogen-bond acceptors (Lipinski definition) is 4. The molecule has 0 aliphatic carbocycles. The van der Waals surface area contributed by atoms with Crippen LogP contribution in [0.25, 0.3) is 22.9 Å². The van der Waals surface area contributed by atoms with Gasteiger partial charge in [-0.25, -0.2) is 4.79 Å². The third-order valence-electron chi connectivity index (χ3n) is 5.35. The zero-order valence-corrected chi connectivity index (χ0v) is 20.8. The van der Waals surface area contributed by atoms with Gasteiger partial charge < -0.3 is 19.5 Å². The van der Waals surface area contributed by atoms with E-state index in [1.807, 2.05) is 19.1 Å². The summed E-state index contributed by atoms with van der Waals surface area (Å²) in [4.78, 5) is 12.2. The van der Waals surface area contributed by atoms with Crippen molar-refractivity contribution in [3.05, 3.63) is 46.3 Å². The molecule has 5 nitrogen and oxygen atoms in total. The second-order valence-electron chi connectivity index (χ2n) is 7.81. The van der Waals surface area contributed by atoms with Crippen molar-refractivity contribution < 1.29 is 19.0 Å². The molecule has 33 heavy (non-hydrogen) atoms. The van der Waals surface area contributed by atoms with Crippen molar-refractivity contribution in [2.75, 3.05) is 38.9 Å². The number of carbonyl (C=O) groups is 1. The highest BCUT2D eigenvalue weighted by Gasteiger charge is 2.08. The SMILES string of the molecule is C/C=c1/c(COC(=O)NCCOCCOCCCCCCCl)c2ccccc2c/c1=C/CC. The summed E-state index contributed by atoms with van der Waals surface area (Å²) in [7, 11) is 0. The second-order valence-corrected chi connectivity index (χ2v) is 8.19. The molecule has 0 aliphatic heterocycles. The van der Waals surface area contributed by atoms with Crippen molar-refractivity contribution >= 4 is 40.6 Å². The van der Waals surface area contributed by atoms with Gasteiger partial charge in [-0.1, -0.05) is 56.2 Å². The zero-order valence-electron chi connectivity index (χ0n) is 20.0. The van der Waals surface area contributed by atoms with Crippen molar-refractivity contribution in [2.45, 2.75) is 52.6 Å². The topological polar surface area (TPSA) is 56.8 Å². The number of hydrogen-bond donors (Lipinski definition) is 1. The lowest BCUT2D eigenvalue weighted by atomic mass is 10.00. The van der Waals surface area contributed by atoms with E-state index in [2.05, 4.69) is 42.6 Å². The molecule has 0 heterocycles. The van der Waals surface area contributed by atoms with Crippen LogP contribution in [0.3, 0.4) is 0 Å². The predicted molar refractivity (Wildman–Crippen MR) is 137 cm³/mol. The summed E-state index contributed by atoms with van der Waals surface area (Å²) in [5.41, 5.74) is 1.03. The summed E-state index contributed by atoms with van der Waals surface area (Å²) in [6.45, 7) is 7.01. The van der Waals surface area contributed by atoms with Gasteiger partial charge in [-0.2, -0.15) is 0 Å². The van der Waals surface area contributed by atoms with Gasteiger partial charge in [0.2, 0.25) is 0 Å². The second kappa shape index (κ2) is 16.5. The lowest BCUT2D eigenvalue weighted by Crippen LogP contribution is -2.32. The third-order valence-corrected chi connectivity index (χ3v) is 5.62. The Labute approximate surface area is 202 Å². The third kappa shape index (κ3) is 9.75. The van der Waals surface area contributed by atoms with Crippen LogP contribution in [0.4, 0.5) is 4.79 Å². The molecule has 0 saturated carbocycles. The van der Waals surface area contributed by atoms with E-state index in [1.54, 1.807) is 0 Å². The number of amides is 1.